The van der Waals surface area contributed by atoms with Gasteiger partial charge in [0.15, 0.2) is 7.05 Å². The van der Waals surface area contributed by atoms with Gasteiger partial charge in [0, 0.05) is 0 Å². The van der Waals surface area contributed by atoms with Gasteiger partial charge < -0.3 is 5.21 Å². The van der Waals surface area contributed by atoms with Crippen LogP contribution < -0.4 is 0 Å². The van der Waals surface area contributed by atoms with Crippen LogP contribution in [0.5, 0.6) is 0 Å². The van der Waals surface area contributed by atoms with Crippen molar-refractivity contribution in [3.8, 4) is 0 Å². The Hall–Kier alpha value is -1.38. The maximum Gasteiger partial charge on any atom is 0.171 e. The Labute approximate surface area is 71.9 Å². The minimum atomic E-state index is -0.0614. The Morgan fingerprint density at radius 2 is 1.92 bits per heavy atom. The van der Waals surface area contributed by atoms with Gasteiger partial charge in [-0.2, -0.15) is 0 Å². The fourth-order valence-corrected chi connectivity index (χ4v) is 1.04. The van der Waals surface area contributed by atoms with Crippen molar-refractivity contribution in [2.75, 3.05) is 7.05 Å². The summed E-state index contributed by atoms with van der Waals surface area (Å²) >= 11 is 0. The summed E-state index contributed by atoms with van der Waals surface area (Å²) < 4.78 is 0. The van der Waals surface area contributed by atoms with Crippen molar-refractivity contribution in [2.45, 2.75) is 13.0 Å². The second-order valence-corrected chi connectivity index (χ2v) is 2.67. The van der Waals surface area contributed by atoms with Crippen LogP contribution in [0, 0.1) is 5.21 Å². The molecule has 0 amide bonds. The second kappa shape index (κ2) is 3.85. The molecule has 0 radical (unpaired) electrons. The summed E-state index contributed by atoms with van der Waals surface area (Å²) in [6, 6.07) is 9.67. The van der Waals surface area contributed by atoms with Crippen molar-refractivity contribution in [1.29, 1.82) is 0 Å². The van der Waals surface area contributed by atoms with E-state index in [-0.39, 0.29) is 6.04 Å². The van der Waals surface area contributed by atoms with Gasteiger partial charge in [-0.25, -0.2) is 0 Å². The van der Waals surface area contributed by atoms with Crippen LogP contribution in [0.1, 0.15) is 18.5 Å². The first kappa shape index (κ1) is 8.71. The maximum absolute atomic E-state index is 10.6. The summed E-state index contributed by atoms with van der Waals surface area (Å²) in [4.78, 5) is 0.595. The highest BCUT2D eigenvalue weighted by atomic mass is 16.5. The minimum absolute atomic E-state index is 0.0614. The first-order valence-electron chi connectivity index (χ1n) is 3.86. The fourth-order valence-electron chi connectivity index (χ4n) is 1.04. The Kier molecular flexibility index (Phi) is 2.80. The van der Waals surface area contributed by atoms with Gasteiger partial charge in [-0.1, -0.05) is 35.2 Å². The van der Waals surface area contributed by atoms with Crippen molar-refractivity contribution < 1.29 is 4.86 Å². The molecule has 0 N–H and O–H groups in total. The third-order valence-corrected chi connectivity index (χ3v) is 1.62. The summed E-state index contributed by atoms with van der Waals surface area (Å²) in [5.41, 5.74) is 1.06. The first-order valence-corrected chi connectivity index (χ1v) is 3.86. The summed E-state index contributed by atoms with van der Waals surface area (Å²) in [6.07, 6.45) is 0. The third kappa shape index (κ3) is 2.34. The van der Waals surface area contributed by atoms with Crippen molar-refractivity contribution in [2.24, 2.45) is 5.11 Å². The zero-order chi connectivity index (χ0) is 8.97. The quantitative estimate of drug-likeness (QED) is 0.375. The molecule has 1 aromatic rings. The first-order chi connectivity index (χ1) is 5.70. The number of hydrogen-bond acceptors (Lipinski definition) is 2. The molecule has 0 aliphatic rings. The lowest BCUT2D eigenvalue weighted by Crippen LogP contribution is -1.95. The lowest BCUT2D eigenvalue weighted by Gasteiger charge is -2.02. The molecule has 1 rings (SSSR count). The number of benzene rings is 1. The Morgan fingerprint density at radius 3 is 2.42 bits per heavy atom. The topological polar surface area (TPSA) is 38.4 Å². The van der Waals surface area contributed by atoms with E-state index in [1.165, 1.54) is 7.05 Å². The molecule has 1 aromatic carbocycles. The van der Waals surface area contributed by atoms with Gasteiger partial charge in [-0.15, -0.1) is 0 Å². The number of hydroxylamine groups is 1. The summed E-state index contributed by atoms with van der Waals surface area (Å²) in [5, 5.41) is 14.4. The zero-order valence-electron chi connectivity index (χ0n) is 7.27. The number of nitrogens with zero attached hydrogens (tertiary/aromatic N) is 2. The molecule has 0 heterocycles. The Bertz CT molecular complexity index is 265. The second-order valence-electron chi connectivity index (χ2n) is 2.67. The molecule has 12 heavy (non-hydrogen) atoms. The predicted octanol–water partition coefficient (Wildman–Crippen LogP) is 2.34. The van der Waals surface area contributed by atoms with E-state index in [2.05, 4.69) is 5.11 Å². The largest absolute Gasteiger partial charge is 0.600 e. The Morgan fingerprint density at radius 1 is 1.33 bits per heavy atom. The van der Waals surface area contributed by atoms with Crippen molar-refractivity contribution >= 4 is 0 Å². The lowest BCUT2D eigenvalue weighted by atomic mass is 10.1. The minimum Gasteiger partial charge on any atom is -0.600 e. The van der Waals surface area contributed by atoms with Crippen LogP contribution in [0.2, 0.25) is 0 Å². The molecule has 0 aliphatic carbocycles. The molecule has 64 valence electrons. The molecule has 3 nitrogen and oxygen atoms in total. The average Bonchev–Trinajstić information content (AvgIpc) is 2.05. The highest BCUT2D eigenvalue weighted by Crippen LogP contribution is 2.15. The SMILES string of the molecule is CC(N=[N+](C)[O-])c1ccccc1. The van der Waals surface area contributed by atoms with Gasteiger partial charge in [0.05, 0.1) is 0 Å². The van der Waals surface area contributed by atoms with E-state index in [1.54, 1.807) is 0 Å². The van der Waals surface area contributed by atoms with E-state index in [4.69, 9.17) is 0 Å². The van der Waals surface area contributed by atoms with E-state index in [9.17, 15) is 5.21 Å². The third-order valence-electron chi connectivity index (χ3n) is 1.62. The molecule has 0 saturated heterocycles. The van der Waals surface area contributed by atoms with Crippen LogP contribution in [-0.4, -0.2) is 11.9 Å². The molecule has 1 atom stereocenters. The number of azo groups is 1. The molecular formula is C9H12N2O. The van der Waals surface area contributed by atoms with Gasteiger partial charge in [0.1, 0.15) is 6.04 Å². The van der Waals surface area contributed by atoms with Crippen molar-refractivity contribution in [1.82, 2.24) is 0 Å². The van der Waals surface area contributed by atoms with E-state index in [1.807, 2.05) is 37.3 Å². The van der Waals surface area contributed by atoms with E-state index < -0.39 is 0 Å². The number of hydrogen-bond donors (Lipinski definition) is 0. The average molecular weight is 164 g/mol. The van der Waals surface area contributed by atoms with Crippen LogP contribution in [0.3, 0.4) is 0 Å². The number of rotatable bonds is 2. The summed E-state index contributed by atoms with van der Waals surface area (Å²) in [6.45, 7) is 1.89. The predicted molar refractivity (Wildman–Crippen MR) is 46.8 cm³/mol. The van der Waals surface area contributed by atoms with Crippen LogP contribution in [0.25, 0.3) is 0 Å². The van der Waals surface area contributed by atoms with Crippen LogP contribution in [-0.2, 0) is 0 Å². The molecule has 1 unspecified atom stereocenters. The smallest absolute Gasteiger partial charge is 0.171 e. The van der Waals surface area contributed by atoms with E-state index >= 15 is 0 Å². The van der Waals surface area contributed by atoms with Crippen molar-refractivity contribution in [3.63, 3.8) is 0 Å². The van der Waals surface area contributed by atoms with Gasteiger partial charge >= 0.3 is 0 Å². The van der Waals surface area contributed by atoms with Gasteiger partial charge in [0.25, 0.3) is 0 Å². The van der Waals surface area contributed by atoms with Gasteiger partial charge in [0.2, 0.25) is 0 Å². The monoisotopic (exact) mass is 164 g/mol. The highest BCUT2D eigenvalue weighted by molar-refractivity contribution is 5.17. The van der Waals surface area contributed by atoms with Crippen LogP contribution in [0.15, 0.2) is 35.4 Å². The summed E-state index contributed by atoms with van der Waals surface area (Å²) in [5.74, 6) is 0. The highest BCUT2D eigenvalue weighted by Gasteiger charge is 2.04. The van der Waals surface area contributed by atoms with Gasteiger partial charge in [-0.05, 0) is 17.6 Å². The summed E-state index contributed by atoms with van der Waals surface area (Å²) in [7, 11) is 1.39. The molecular weight excluding hydrogens is 152 g/mol. The van der Waals surface area contributed by atoms with E-state index in [0.717, 1.165) is 5.56 Å². The molecule has 0 saturated carbocycles. The van der Waals surface area contributed by atoms with Crippen LogP contribution in [0.4, 0.5) is 0 Å². The molecule has 0 aromatic heterocycles. The zero-order valence-corrected chi connectivity index (χ0v) is 7.27. The van der Waals surface area contributed by atoms with Gasteiger partial charge in [-0.3, -0.25) is 0 Å². The Balaban J connectivity index is 2.79. The maximum atomic E-state index is 10.6. The molecule has 0 bridgehead atoms. The van der Waals surface area contributed by atoms with Crippen LogP contribution >= 0.6 is 0 Å². The molecule has 0 spiro atoms. The molecule has 3 heteroatoms. The van der Waals surface area contributed by atoms with Crippen molar-refractivity contribution in [3.05, 3.63) is 41.1 Å². The molecule has 0 fully saturated rings. The normalized spacial score (nSPS) is 14.3. The standard InChI is InChI=1S/C9H12N2O/c1-8(10-11(2)12)9-6-4-3-5-7-9/h3-8H,1-2H3. The lowest BCUT2D eigenvalue weighted by molar-refractivity contribution is -0.503. The fraction of sp³-hybridized carbons (Fsp3) is 0.333. The van der Waals surface area contributed by atoms with E-state index in [0.29, 0.717) is 4.86 Å². The molecule has 0 aliphatic heterocycles.